The number of aromatic hydroxyl groups is 1. The van der Waals surface area contributed by atoms with Crippen LogP contribution in [-0.4, -0.2) is 26.8 Å². The van der Waals surface area contributed by atoms with Gasteiger partial charge in [-0.25, -0.2) is 4.98 Å². The molecule has 0 spiro atoms. The smallest absolute Gasteiger partial charge is 0.223 e. The first-order valence-corrected chi connectivity index (χ1v) is 3.15. The molecule has 0 radical (unpaired) electrons. The van der Waals surface area contributed by atoms with E-state index in [-0.39, 0.29) is 18.4 Å². The van der Waals surface area contributed by atoms with E-state index in [4.69, 9.17) is 15.9 Å². The van der Waals surface area contributed by atoms with Crippen LogP contribution in [0.1, 0.15) is 5.69 Å². The molecule has 5 heteroatoms. The van der Waals surface area contributed by atoms with Crippen LogP contribution in [0.5, 0.6) is 5.88 Å². The lowest BCUT2D eigenvalue weighted by Crippen LogP contribution is -2.00. The van der Waals surface area contributed by atoms with E-state index < -0.39 is 0 Å². The van der Waals surface area contributed by atoms with Crippen LogP contribution < -0.4 is 5.73 Å². The van der Waals surface area contributed by atoms with E-state index in [0.29, 0.717) is 12.1 Å². The normalized spacial score (nSPS) is 9.91. The predicted molar refractivity (Wildman–Crippen MR) is 38.9 cm³/mol. The lowest BCUT2D eigenvalue weighted by Gasteiger charge is -1.98. The molecule has 1 aromatic heterocycles. The highest BCUT2D eigenvalue weighted by molar-refractivity contribution is 5.25. The average Bonchev–Trinajstić information content (AvgIpc) is 1.85. The third kappa shape index (κ3) is 2.05. The Bertz CT molecular complexity index is 231. The van der Waals surface area contributed by atoms with Gasteiger partial charge >= 0.3 is 0 Å². The lowest BCUT2D eigenvalue weighted by atomic mass is 10.3. The molecule has 1 heterocycles. The van der Waals surface area contributed by atoms with Gasteiger partial charge in [-0.15, -0.1) is 0 Å². The molecule has 1 rings (SSSR count). The first kappa shape index (κ1) is 7.74. The van der Waals surface area contributed by atoms with Gasteiger partial charge in [0.2, 0.25) is 11.8 Å². The van der Waals surface area contributed by atoms with Crippen LogP contribution >= 0.6 is 0 Å². The topological polar surface area (TPSA) is 92.3 Å². The minimum atomic E-state index is -0.166. The Morgan fingerprint density at radius 3 is 2.73 bits per heavy atom. The van der Waals surface area contributed by atoms with Crippen molar-refractivity contribution in [2.45, 2.75) is 6.42 Å². The molecule has 0 aliphatic heterocycles. The van der Waals surface area contributed by atoms with E-state index in [1.807, 2.05) is 0 Å². The fraction of sp³-hybridized carbons (Fsp3) is 0.333. The number of nitrogens with two attached hydrogens (primary N) is 1. The fourth-order valence-corrected chi connectivity index (χ4v) is 0.746. The summed E-state index contributed by atoms with van der Waals surface area (Å²) < 4.78 is 0. The van der Waals surface area contributed by atoms with Crippen molar-refractivity contribution in [2.24, 2.45) is 0 Å². The Hall–Kier alpha value is -1.36. The third-order valence-corrected chi connectivity index (χ3v) is 1.15. The zero-order valence-electron chi connectivity index (χ0n) is 5.86. The number of anilines is 1. The molecule has 0 unspecified atom stereocenters. The van der Waals surface area contributed by atoms with E-state index in [2.05, 4.69) is 9.97 Å². The maximum atomic E-state index is 8.91. The quantitative estimate of drug-likeness (QED) is 0.525. The van der Waals surface area contributed by atoms with Gasteiger partial charge in [-0.05, 0) is 0 Å². The molecular formula is C6H9N3O2. The molecule has 0 amide bonds. The number of hydrogen-bond acceptors (Lipinski definition) is 5. The average molecular weight is 155 g/mol. The summed E-state index contributed by atoms with van der Waals surface area (Å²) in [6.45, 7) is -0.0180. The van der Waals surface area contributed by atoms with Crippen LogP contribution in [0.2, 0.25) is 0 Å². The van der Waals surface area contributed by atoms with E-state index in [0.717, 1.165) is 0 Å². The summed E-state index contributed by atoms with van der Waals surface area (Å²) in [4.78, 5) is 7.23. The van der Waals surface area contributed by atoms with Crippen molar-refractivity contribution in [3.8, 4) is 5.88 Å². The zero-order chi connectivity index (χ0) is 8.27. The van der Waals surface area contributed by atoms with Crippen LogP contribution in [0.15, 0.2) is 6.07 Å². The molecule has 0 fully saturated rings. The fourth-order valence-electron chi connectivity index (χ4n) is 0.746. The summed E-state index contributed by atoms with van der Waals surface area (Å²) >= 11 is 0. The second-order valence-electron chi connectivity index (χ2n) is 2.05. The molecule has 0 saturated carbocycles. The first-order chi connectivity index (χ1) is 5.22. The number of hydrogen-bond donors (Lipinski definition) is 3. The molecule has 0 atom stereocenters. The van der Waals surface area contributed by atoms with Crippen molar-refractivity contribution in [1.29, 1.82) is 0 Å². The summed E-state index contributed by atoms with van der Waals surface area (Å²) in [6.07, 6.45) is 0.375. The van der Waals surface area contributed by atoms with Crippen molar-refractivity contribution in [1.82, 2.24) is 9.97 Å². The molecule has 0 bridgehead atoms. The van der Waals surface area contributed by atoms with Gasteiger partial charge in [0.15, 0.2) is 0 Å². The van der Waals surface area contributed by atoms with E-state index in [1.54, 1.807) is 0 Å². The highest BCUT2D eigenvalue weighted by Gasteiger charge is 1.99. The van der Waals surface area contributed by atoms with E-state index >= 15 is 0 Å². The standard InChI is InChI=1S/C6H9N3O2/c7-6-8-4(1-2-10)3-5(11)9-6/h3,10H,1-2H2,(H3,7,8,9,11). The summed E-state index contributed by atoms with van der Waals surface area (Å²) in [5.74, 6) is -0.144. The Kier molecular flexibility index (Phi) is 2.22. The summed E-state index contributed by atoms with van der Waals surface area (Å²) in [5.41, 5.74) is 5.77. The van der Waals surface area contributed by atoms with Crippen LogP contribution in [0.4, 0.5) is 5.95 Å². The largest absolute Gasteiger partial charge is 0.493 e. The van der Waals surface area contributed by atoms with E-state index in [1.165, 1.54) is 6.07 Å². The molecular weight excluding hydrogens is 146 g/mol. The molecule has 11 heavy (non-hydrogen) atoms. The summed E-state index contributed by atoms with van der Waals surface area (Å²) in [5, 5.41) is 17.4. The van der Waals surface area contributed by atoms with Crippen LogP contribution in [0.3, 0.4) is 0 Å². The maximum Gasteiger partial charge on any atom is 0.223 e. The SMILES string of the molecule is Nc1nc(O)cc(CCO)n1. The number of aliphatic hydroxyl groups is 1. The summed E-state index contributed by atoms with van der Waals surface area (Å²) in [6, 6.07) is 1.37. The van der Waals surface area contributed by atoms with Gasteiger partial charge in [0.05, 0.1) is 5.69 Å². The number of aliphatic hydroxyl groups excluding tert-OH is 1. The molecule has 60 valence electrons. The van der Waals surface area contributed by atoms with Gasteiger partial charge in [-0.3, -0.25) is 0 Å². The predicted octanol–water partition coefficient (Wildman–Crippen LogP) is -0.701. The third-order valence-electron chi connectivity index (χ3n) is 1.15. The molecule has 0 aliphatic carbocycles. The number of rotatable bonds is 2. The van der Waals surface area contributed by atoms with Gasteiger partial charge < -0.3 is 15.9 Å². The van der Waals surface area contributed by atoms with Crippen molar-refractivity contribution in [3.05, 3.63) is 11.8 Å². The molecule has 4 N–H and O–H groups in total. The minimum Gasteiger partial charge on any atom is -0.493 e. The van der Waals surface area contributed by atoms with Crippen molar-refractivity contribution >= 4 is 5.95 Å². The van der Waals surface area contributed by atoms with Crippen LogP contribution in [-0.2, 0) is 6.42 Å². The number of nitrogens with zero attached hydrogens (tertiary/aromatic N) is 2. The molecule has 5 nitrogen and oxygen atoms in total. The number of aromatic nitrogens is 2. The van der Waals surface area contributed by atoms with Gasteiger partial charge in [0.1, 0.15) is 0 Å². The van der Waals surface area contributed by atoms with Gasteiger partial charge in [-0.1, -0.05) is 0 Å². The lowest BCUT2D eigenvalue weighted by molar-refractivity contribution is 0.298. The first-order valence-electron chi connectivity index (χ1n) is 3.15. The molecule has 1 aromatic rings. The second-order valence-corrected chi connectivity index (χ2v) is 2.05. The Morgan fingerprint density at radius 2 is 2.18 bits per heavy atom. The van der Waals surface area contributed by atoms with Crippen molar-refractivity contribution in [2.75, 3.05) is 12.3 Å². The van der Waals surface area contributed by atoms with Crippen molar-refractivity contribution in [3.63, 3.8) is 0 Å². The number of nitrogen functional groups attached to an aromatic ring is 1. The van der Waals surface area contributed by atoms with E-state index in [9.17, 15) is 0 Å². The van der Waals surface area contributed by atoms with Gasteiger partial charge in [0, 0.05) is 19.1 Å². The summed E-state index contributed by atoms with van der Waals surface area (Å²) in [7, 11) is 0. The molecule has 0 aliphatic rings. The molecule has 0 saturated heterocycles. The highest BCUT2D eigenvalue weighted by atomic mass is 16.3. The Morgan fingerprint density at radius 1 is 1.45 bits per heavy atom. The highest BCUT2D eigenvalue weighted by Crippen LogP contribution is 2.07. The van der Waals surface area contributed by atoms with Crippen LogP contribution in [0.25, 0.3) is 0 Å². The monoisotopic (exact) mass is 155 g/mol. The van der Waals surface area contributed by atoms with Crippen molar-refractivity contribution < 1.29 is 10.2 Å². The maximum absolute atomic E-state index is 8.91. The Balaban J connectivity index is 2.89. The van der Waals surface area contributed by atoms with Crippen LogP contribution in [0, 0.1) is 0 Å². The van der Waals surface area contributed by atoms with Gasteiger partial charge in [0.25, 0.3) is 0 Å². The Labute approximate surface area is 63.5 Å². The molecule has 0 aromatic carbocycles. The second kappa shape index (κ2) is 3.16. The minimum absolute atomic E-state index is 0.0180. The zero-order valence-corrected chi connectivity index (χ0v) is 5.86. The van der Waals surface area contributed by atoms with Gasteiger partial charge in [-0.2, -0.15) is 4.98 Å².